The first-order valence-corrected chi connectivity index (χ1v) is 6.99. The SMILES string of the molecule is CC(C)NCCCCN(C)CCc1ccncc1. The van der Waals surface area contributed by atoms with Gasteiger partial charge >= 0.3 is 0 Å². The van der Waals surface area contributed by atoms with E-state index < -0.39 is 0 Å². The van der Waals surface area contributed by atoms with E-state index in [1.807, 2.05) is 12.4 Å². The zero-order valence-electron chi connectivity index (χ0n) is 12.0. The lowest BCUT2D eigenvalue weighted by atomic mass is 10.2. The summed E-state index contributed by atoms with van der Waals surface area (Å²) in [6.07, 6.45) is 7.38. The van der Waals surface area contributed by atoms with Crippen molar-refractivity contribution >= 4 is 0 Å². The van der Waals surface area contributed by atoms with Gasteiger partial charge in [-0.05, 0) is 57.1 Å². The van der Waals surface area contributed by atoms with Crippen molar-refractivity contribution in [1.82, 2.24) is 15.2 Å². The van der Waals surface area contributed by atoms with Crippen molar-refractivity contribution in [3.63, 3.8) is 0 Å². The van der Waals surface area contributed by atoms with Gasteiger partial charge in [-0.3, -0.25) is 4.98 Å². The minimum atomic E-state index is 0.606. The smallest absolute Gasteiger partial charge is 0.0270 e. The topological polar surface area (TPSA) is 28.2 Å². The number of rotatable bonds is 9. The largest absolute Gasteiger partial charge is 0.315 e. The van der Waals surface area contributed by atoms with E-state index in [0.29, 0.717) is 6.04 Å². The van der Waals surface area contributed by atoms with Crippen molar-refractivity contribution in [2.24, 2.45) is 0 Å². The van der Waals surface area contributed by atoms with E-state index in [1.165, 1.54) is 24.9 Å². The van der Waals surface area contributed by atoms with Crippen molar-refractivity contribution in [3.8, 4) is 0 Å². The molecule has 0 bridgehead atoms. The number of nitrogens with one attached hydrogen (secondary N) is 1. The number of likely N-dealkylation sites (N-methyl/N-ethyl adjacent to an activating group) is 1. The lowest BCUT2D eigenvalue weighted by Crippen LogP contribution is -2.26. The fourth-order valence-electron chi connectivity index (χ4n) is 1.88. The Labute approximate surface area is 112 Å². The van der Waals surface area contributed by atoms with Crippen molar-refractivity contribution in [3.05, 3.63) is 30.1 Å². The van der Waals surface area contributed by atoms with Gasteiger partial charge in [0.1, 0.15) is 0 Å². The fraction of sp³-hybridized carbons (Fsp3) is 0.667. The number of pyridine rings is 1. The van der Waals surface area contributed by atoms with Crippen molar-refractivity contribution < 1.29 is 0 Å². The van der Waals surface area contributed by atoms with Gasteiger partial charge in [0.25, 0.3) is 0 Å². The van der Waals surface area contributed by atoms with Gasteiger partial charge in [0.15, 0.2) is 0 Å². The molecule has 3 heteroatoms. The van der Waals surface area contributed by atoms with Gasteiger partial charge in [-0.2, -0.15) is 0 Å². The molecule has 0 aliphatic carbocycles. The van der Waals surface area contributed by atoms with E-state index in [-0.39, 0.29) is 0 Å². The molecule has 1 heterocycles. The van der Waals surface area contributed by atoms with Crippen LogP contribution in [0.1, 0.15) is 32.3 Å². The molecule has 0 fully saturated rings. The van der Waals surface area contributed by atoms with Crippen molar-refractivity contribution in [2.75, 3.05) is 26.7 Å². The molecule has 0 saturated carbocycles. The summed E-state index contributed by atoms with van der Waals surface area (Å²) < 4.78 is 0. The molecule has 1 aromatic heterocycles. The Morgan fingerprint density at radius 2 is 1.89 bits per heavy atom. The quantitative estimate of drug-likeness (QED) is 0.681. The molecule has 0 saturated heterocycles. The lowest BCUT2D eigenvalue weighted by Gasteiger charge is -2.16. The van der Waals surface area contributed by atoms with Crippen LogP contribution in [0.5, 0.6) is 0 Å². The Bertz CT molecular complexity index is 298. The van der Waals surface area contributed by atoms with Gasteiger partial charge in [0.2, 0.25) is 0 Å². The molecule has 0 amide bonds. The van der Waals surface area contributed by atoms with Crippen LogP contribution in [0.25, 0.3) is 0 Å². The molecule has 1 aromatic rings. The van der Waals surface area contributed by atoms with Crippen LogP contribution < -0.4 is 5.32 Å². The third kappa shape index (κ3) is 7.41. The molecule has 0 aromatic carbocycles. The second kappa shape index (κ2) is 9.06. The minimum absolute atomic E-state index is 0.606. The first-order chi connectivity index (χ1) is 8.68. The molecular weight excluding hydrogens is 222 g/mol. The second-order valence-electron chi connectivity index (χ2n) is 5.22. The molecule has 0 radical (unpaired) electrons. The lowest BCUT2D eigenvalue weighted by molar-refractivity contribution is 0.328. The second-order valence-corrected chi connectivity index (χ2v) is 5.22. The summed E-state index contributed by atoms with van der Waals surface area (Å²) in [6.45, 7) is 7.84. The standard InChI is InChI=1S/C15H27N3/c1-14(2)17-9-4-5-12-18(3)13-8-15-6-10-16-11-7-15/h6-7,10-11,14,17H,4-5,8-9,12-13H2,1-3H3. The summed E-state index contributed by atoms with van der Waals surface area (Å²) in [7, 11) is 2.21. The highest BCUT2D eigenvalue weighted by Crippen LogP contribution is 2.00. The first-order valence-electron chi connectivity index (χ1n) is 6.99. The molecule has 0 aliphatic heterocycles. The van der Waals surface area contributed by atoms with Crippen LogP contribution in [0.2, 0.25) is 0 Å². The summed E-state index contributed by atoms with van der Waals surface area (Å²) in [5, 5.41) is 3.45. The monoisotopic (exact) mass is 249 g/mol. The van der Waals surface area contributed by atoms with E-state index in [4.69, 9.17) is 0 Å². The molecule has 18 heavy (non-hydrogen) atoms. The molecule has 0 spiro atoms. The van der Waals surface area contributed by atoms with Crippen LogP contribution in [0.15, 0.2) is 24.5 Å². The Morgan fingerprint density at radius 1 is 1.17 bits per heavy atom. The Morgan fingerprint density at radius 3 is 2.56 bits per heavy atom. The summed E-state index contributed by atoms with van der Waals surface area (Å²) in [5.41, 5.74) is 1.37. The van der Waals surface area contributed by atoms with Crippen LogP contribution >= 0.6 is 0 Å². The maximum atomic E-state index is 4.04. The van der Waals surface area contributed by atoms with E-state index in [0.717, 1.165) is 19.5 Å². The van der Waals surface area contributed by atoms with Gasteiger partial charge < -0.3 is 10.2 Å². The predicted octanol–water partition coefficient (Wildman–Crippen LogP) is 2.33. The molecular formula is C15H27N3. The Balaban J connectivity index is 2.02. The predicted molar refractivity (Wildman–Crippen MR) is 77.8 cm³/mol. The molecule has 0 atom stereocenters. The Hall–Kier alpha value is -0.930. The van der Waals surface area contributed by atoms with Gasteiger partial charge in [0.05, 0.1) is 0 Å². The molecule has 102 valence electrons. The molecule has 3 nitrogen and oxygen atoms in total. The average Bonchev–Trinajstić information content (AvgIpc) is 2.37. The van der Waals surface area contributed by atoms with E-state index in [9.17, 15) is 0 Å². The van der Waals surface area contributed by atoms with Gasteiger partial charge in [-0.15, -0.1) is 0 Å². The van der Waals surface area contributed by atoms with Gasteiger partial charge in [0, 0.05) is 25.0 Å². The fourth-order valence-corrected chi connectivity index (χ4v) is 1.88. The van der Waals surface area contributed by atoms with Crippen LogP contribution in [0.3, 0.4) is 0 Å². The van der Waals surface area contributed by atoms with Crippen LogP contribution in [0.4, 0.5) is 0 Å². The number of unbranched alkanes of at least 4 members (excludes halogenated alkanes) is 1. The number of hydrogen-bond donors (Lipinski definition) is 1. The highest BCUT2D eigenvalue weighted by atomic mass is 15.1. The molecule has 0 aliphatic rings. The van der Waals surface area contributed by atoms with Crippen LogP contribution in [-0.4, -0.2) is 42.6 Å². The first kappa shape index (κ1) is 15.1. The summed E-state index contributed by atoms with van der Waals surface area (Å²) >= 11 is 0. The highest BCUT2D eigenvalue weighted by Gasteiger charge is 1.99. The minimum Gasteiger partial charge on any atom is -0.315 e. The summed E-state index contributed by atoms with van der Waals surface area (Å²) in [5.74, 6) is 0. The third-order valence-electron chi connectivity index (χ3n) is 3.05. The maximum absolute atomic E-state index is 4.04. The zero-order valence-corrected chi connectivity index (χ0v) is 12.0. The van der Waals surface area contributed by atoms with Gasteiger partial charge in [-0.1, -0.05) is 13.8 Å². The molecule has 1 rings (SSSR count). The third-order valence-corrected chi connectivity index (χ3v) is 3.05. The highest BCUT2D eigenvalue weighted by molar-refractivity contribution is 5.09. The van der Waals surface area contributed by atoms with Gasteiger partial charge in [-0.25, -0.2) is 0 Å². The average molecular weight is 249 g/mol. The van der Waals surface area contributed by atoms with Crippen molar-refractivity contribution in [2.45, 2.75) is 39.2 Å². The zero-order chi connectivity index (χ0) is 13.2. The van der Waals surface area contributed by atoms with Crippen LogP contribution in [0, 0.1) is 0 Å². The van der Waals surface area contributed by atoms with E-state index >= 15 is 0 Å². The Kier molecular flexibility index (Phi) is 7.62. The van der Waals surface area contributed by atoms with Crippen molar-refractivity contribution in [1.29, 1.82) is 0 Å². The number of aromatic nitrogens is 1. The summed E-state index contributed by atoms with van der Waals surface area (Å²) in [6, 6.07) is 4.80. The summed E-state index contributed by atoms with van der Waals surface area (Å²) in [4.78, 5) is 6.45. The number of nitrogens with zero attached hydrogens (tertiary/aromatic N) is 2. The normalized spacial score (nSPS) is 11.4. The van der Waals surface area contributed by atoms with E-state index in [2.05, 4.69) is 48.2 Å². The maximum Gasteiger partial charge on any atom is 0.0270 e. The molecule has 1 N–H and O–H groups in total. The van der Waals surface area contributed by atoms with E-state index in [1.54, 1.807) is 0 Å². The molecule has 0 unspecified atom stereocenters. The number of hydrogen-bond acceptors (Lipinski definition) is 3. The van der Waals surface area contributed by atoms with Crippen LogP contribution in [-0.2, 0) is 6.42 Å².